The van der Waals surface area contributed by atoms with Crippen LogP contribution in [0, 0.1) is 0 Å². The van der Waals surface area contributed by atoms with Crippen LogP contribution >= 0.6 is 7.82 Å². The summed E-state index contributed by atoms with van der Waals surface area (Å²) in [6.45, 7) is 6.76. The molecular formula is C81H147N2O7P. The highest BCUT2D eigenvalue weighted by molar-refractivity contribution is 7.45. The van der Waals surface area contributed by atoms with Crippen molar-refractivity contribution in [1.29, 1.82) is 0 Å². The lowest BCUT2D eigenvalue weighted by molar-refractivity contribution is -0.870. The Balaban J connectivity index is 5.03. The van der Waals surface area contributed by atoms with E-state index in [1.165, 1.54) is 212 Å². The van der Waals surface area contributed by atoms with Crippen LogP contribution in [0.2, 0.25) is 0 Å². The largest absolute Gasteiger partial charge is 0.756 e. The number of allylic oxidation sites excluding steroid dienone is 15. The Labute approximate surface area is 564 Å². The third-order valence-corrected chi connectivity index (χ3v) is 18.0. The molecule has 1 amide bonds. The maximum Gasteiger partial charge on any atom is 0.306 e. The normalized spacial score (nSPS) is 14.0. The van der Waals surface area contributed by atoms with E-state index in [1.807, 2.05) is 33.3 Å². The summed E-state index contributed by atoms with van der Waals surface area (Å²) in [5.74, 6) is -0.541. The minimum Gasteiger partial charge on any atom is -0.756 e. The lowest BCUT2D eigenvalue weighted by atomic mass is 10.0. The van der Waals surface area contributed by atoms with Crippen molar-refractivity contribution in [1.82, 2.24) is 5.32 Å². The number of hydrogen-bond donors (Lipinski definition) is 1. The van der Waals surface area contributed by atoms with Crippen LogP contribution in [0.15, 0.2) is 97.2 Å². The maximum absolute atomic E-state index is 13.6. The van der Waals surface area contributed by atoms with Gasteiger partial charge in [0.25, 0.3) is 7.82 Å². The van der Waals surface area contributed by atoms with Crippen LogP contribution in [0.25, 0.3) is 0 Å². The van der Waals surface area contributed by atoms with Crippen molar-refractivity contribution < 1.29 is 37.3 Å². The number of nitrogens with zero attached hydrogens (tertiary/aromatic N) is 1. The minimum absolute atomic E-state index is 0.0260. The zero-order chi connectivity index (χ0) is 66.3. The summed E-state index contributed by atoms with van der Waals surface area (Å²) >= 11 is 0. The number of amides is 1. The molecule has 0 rings (SSSR count). The SMILES string of the molecule is CC/C=C\C/C=C\C/C=C\C/C=C\C/C=C\C/C=C\CCCCCCCCCCC(=O)OC(/C=C/CCCCCCCCCCCCC)C(COP(=O)([O-])OCC[N+](C)(C)C)NC(=O)CCCCCCCCCCCCCCCCC/C=C/CCCCCCCC. The summed E-state index contributed by atoms with van der Waals surface area (Å²) < 4.78 is 30.5. The Bertz CT molecular complexity index is 1880. The van der Waals surface area contributed by atoms with E-state index in [-0.39, 0.29) is 24.9 Å². The molecule has 0 spiro atoms. The van der Waals surface area contributed by atoms with Gasteiger partial charge >= 0.3 is 5.97 Å². The van der Waals surface area contributed by atoms with Gasteiger partial charge in [-0.15, -0.1) is 0 Å². The Hall–Kier alpha value is -3.07. The highest BCUT2D eigenvalue weighted by Crippen LogP contribution is 2.38. The van der Waals surface area contributed by atoms with Gasteiger partial charge in [-0.1, -0.05) is 330 Å². The lowest BCUT2D eigenvalue weighted by Crippen LogP contribution is -2.47. The average molecular weight is 1290 g/mol. The molecule has 91 heavy (non-hydrogen) atoms. The predicted octanol–water partition coefficient (Wildman–Crippen LogP) is 24.4. The molecule has 3 unspecified atom stereocenters. The van der Waals surface area contributed by atoms with Crippen molar-refractivity contribution >= 4 is 19.7 Å². The number of rotatable bonds is 70. The Kier molecular flexibility index (Phi) is 67.4. The molecule has 0 saturated heterocycles. The number of ether oxygens (including phenoxy) is 1. The summed E-state index contributed by atoms with van der Waals surface area (Å²) in [7, 11) is 1.18. The molecule has 0 bridgehead atoms. The van der Waals surface area contributed by atoms with Gasteiger partial charge in [0.15, 0.2) is 0 Å². The smallest absolute Gasteiger partial charge is 0.306 e. The summed E-state index contributed by atoms with van der Waals surface area (Å²) in [6.07, 6.45) is 95.4. The van der Waals surface area contributed by atoms with Gasteiger partial charge in [-0.2, -0.15) is 0 Å². The van der Waals surface area contributed by atoms with Gasteiger partial charge in [0.2, 0.25) is 5.91 Å². The molecule has 528 valence electrons. The lowest BCUT2D eigenvalue weighted by Gasteiger charge is -2.30. The van der Waals surface area contributed by atoms with Crippen molar-refractivity contribution in [2.24, 2.45) is 0 Å². The summed E-state index contributed by atoms with van der Waals surface area (Å²) in [4.78, 5) is 40.3. The van der Waals surface area contributed by atoms with E-state index in [0.29, 0.717) is 17.4 Å². The van der Waals surface area contributed by atoms with E-state index in [9.17, 15) is 19.0 Å². The molecule has 1 N–H and O–H groups in total. The maximum atomic E-state index is 13.6. The van der Waals surface area contributed by atoms with Crippen LogP contribution in [0.3, 0.4) is 0 Å². The van der Waals surface area contributed by atoms with Crippen molar-refractivity contribution in [2.75, 3.05) is 40.9 Å². The van der Waals surface area contributed by atoms with Gasteiger partial charge in [0.1, 0.15) is 19.3 Å². The van der Waals surface area contributed by atoms with Crippen molar-refractivity contribution in [2.45, 2.75) is 367 Å². The highest BCUT2D eigenvalue weighted by atomic mass is 31.2. The molecule has 0 aliphatic carbocycles. The Morgan fingerprint density at radius 1 is 0.396 bits per heavy atom. The third kappa shape index (κ3) is 71.1. The van der Waals surface area contributed by atoms with Crippen molar-refractivity contribution in [3.05, 3.63) is 97.2 Å². The monoisotopic (exact) mass is 1290 g/mol. The van der Waals surface area contributed by atoms with Crippen LogP contribution in [-0.2, 0) is 27.9 Å². The third-order valence-electron chi connectivity index (χ3n) is 17.0. The van der Waals surface area contributed by atoms with E-state index >= 15 is 0 Å². The van der Waals surface area contributed by atoms with Crippen LogP contribution in [0.5, 0.6) is 0 Å². The van der Waals surface area contributed by atoms with Crippen LogP contribution in [0.1, 0.15) is 355 Å². The van der Waals surface area contributed by atoms with Crippen LogP contribution in [0.4, 0.5) is 0 Å². The topological polar surface area (TPSA) is 114 Å². The fraction of sp³-hybridized carbons (Fsp3) is 0.778. The second kappa shape index (κ2) is 69.8. The summed E-state index contributed by atoms with van der Waals surface area (Å²) in [6, 6.07) is -0.898. The Morgan fingerprint density at radius 3 is 1.07 bits per heavy atom. The number of phosphoric ester groups is 1. The minimum atomic E-state index is -4.71. The molecular weight excluding hydrogens is 1140 g/mol. The van der Waals surface area contributed by atoms with Crippen molar-refractivity contribution in [3.8, 4) is 0 Å². The van der Waals surface area contributed by atoms with Gasteiger partial charge in [-0.05, 0) is 109 Å². The van der Waals surface area contributed by atoms with E-state index in [2.05, 4.69) is 111 Å². The first-order valence-corrected chi connectivity index (χ1v) is 40.0. The van der Waals surface area contributed by atoms with Gasteiger partial charge in [0.05, 0.1) is 33.8 Å². The van der Waals surface area contributed by atoms with E-state index in [0.717, 1.165) is 109 Å². The second-order valence-corrected chi connectivity index (χ2v) is 28.5. The van der Waals surface area contributed by atoms with Gasteiger partial charge in [-0.25, -0.2) is 0 Å². The Morgan fingerprint density at radius 2 is 0.703 bits per heavy atom. The molecule has 0 aliphatic heterocycles. The number of esters is 1. The number of carbonyl (C=O) groups is 2. The van der Waals surface area contributed by atoms with E-state index < -0.39 is 26.6 Å². The molecule has 0 heterocycles. The zero-order valence-electron chi connectivity index (χ0n) is 60.5. The number of unbranched alkanes of at least 4 members (excludes halogenated alkanes) is 40. The van der Waals surface area contributed by atoms with Gasteiger partial charge < -0.3 is 28.5 Å². The zero-order valence-corrected chi connectivity index (χ0v) is 61.4. The van der Waals surface area contributed by atoms with Gasteiger partial charge in [-0.3, -0.25) is 14.2 Å². The molecule has 0 aromatic rings. The summed E-state index contributed by atoms with van der Waals surface area (Å²) in [5.41, 5.74) is 0. The number of hydrogen-bond acceptors (Lipinski definition) is 7. The highest BCUT2D eigenvalue weighted by Gasteiger charge is 2.27. The number of nitrogens with one attached hydrogen (secondary N) is 1. The fourth-order valence-electron chi connectivity index (χ4n) is 11.1. The first kappa shape index (κ1) is 87.9. The van der Waals surface area contributed by atoms with E-state index in [1.54, 1.807) is 0 Å². The van der Waals surface area contributed by atoms with Crippen molar-refractivity contribution in [3.63, 3.8) is 0 Å². The standard InChI is InChI=1S/C81H147N2O7P/c1-7-10-13-16-19-22-25-28-30-32-34-36-38-40-41-43-45-47-49-51-53-56-59-62-65-68-71-74-81(85)90-79(72-69-66-63-60-57-54-27-24-21-18-15-12-9-3)78(77-89-91(86,87)88-76-75-83(4,5)6)82-80(84)73-70-67-64-61-58-55-52-50-48-46-44-42-39-37-35-33-31-29-26-23-20-17-14-11-8-2/h10,13,19,22,28-31,34,36,40-41,45,47,69,72,78-79H,7-9,11-12,14-18,20-21,23-27,32-33,35,37-39,42-44,46,48-68,70-71,73-77H2,1-6H3,(H-,82,84,86,87)/b13-10-,22-19-,30-28-,31-29+,36-34-,41-40-,47-45-,72-69+. The van der Waals surface area contributed by atoms with E-state index in [4.69, 9.17) is 13.8 Å². The molecule has 0 aromatic carbocycles. The molecule has 0 aromatic heterocycles. The number of likely N-dealkylation sites (N-methyl/N-ethyl adjacent to an activating group) is 1. The van der Waals surface area contributed by atoms with Crippen LogP contribution < -0.4 is 10.2 Å². The predicted molar refractivity (Wildman–Crippen MR) is 394 cm³/mol. The molecule has 10 heteroatoms. The molecule has 3 atom stereocenters. The van der Waals surface area contributed by atoms with Crippen LogP contribution in [-0.4, -0.2) is 69.4 Å². The molecule has 9 nitrogen and oxygen atoms in total. The number of carbonyl (C=O) groups excluding carboxylic acids is 2. The fourth-order valence-corrected chi connectivity index (χ4v) is 11.8. The van der Waals surface area contributed by atoms with Gasteiger partial charge in [0, 0.05) is 12.8 Å². The molecule has 0 saturated carbocycles. The second-order valence-electron chi connectivity index (χ2n) is 27.1. The number of phosphoric acid groups is 1. The molecule has 0 aliphatic rings. The first-order valence-electron chi connectivity index (χ1n) is 38.5. The molecule has 0 radical (unpaired) electrons. The summed E-state index contributed by atoms with van der Waals surface area (Å²) in [5, 5.41) is 3.05. The average Bonchev–Trinajstić information content (AvgIpc) is 3.73. The number of quaternary nitrogens is 1. The first-order chi connectivity index (χ1) is 44.4. The quantitative estimate of drug-likeness (QED) is 0.0212. The molecule has 0 fully saturated rings.